The number of benzene rings is 2. The van der Waals surface area contributed by atoms with Crippen LogP contribution in [0.2, 0.25) is 0 Å². The van der Waals surface area contributed by atoms with Gasteiger partial charge in [-0.25, -0.2) is 4.79 Å². The molecule has 1 aliphatic carbocycles. The minimum absolute atomic E-state index is 0.00493. The predicted octanol–water partition coefficient (Wildman–Crippen LogP) is 4.31. The average Bonchev–Trinajstić information content (AvgIpc) is 3.13. The number of alkyl carbamates (subject to hydrolysis) is 1. The maximum absolute atomic E-state index is 12.6. The van der Waals surface area contributed by atoms with Crippen LogP contribution in [0.15, 0.2) is 48.5 Å². The van der Waals surface area contributed by atoms with Crippen LogP contribution in [0.1, 0.15) is 56.6 Å². The van der Waals surface area contributed by atoms with Gasteiger partial charge in [0.1, 0.15) is 12.6 Å². The predicted molar refractivity (Wildman–Crippen MR) is 126 cm³/mol. The van der Waals surface area contributed by atoms with E-state index in [-0.39, 0.29) is 37.3 Å². The molecule has 176 valence electrons. The second-order valence-electron chi connectivity index (χ2n) is 8.43. The summed E-state index contributed by atoms with van der Waals surface area (Å²) in [6.07, 6.45) is 1.17. The first-order chi connectivity index (χ1) is 15.9. The van der Waals surface area contributed by atoms with Crippen LogP contribution in [-0.2, 0) is 14.3 Å². The van der Waals surface area contributed by atoms with E-state index in [9.17, 15) is 14.4 Å². The molecule has 3 N–H and O–H groups in total. The first-order valence-corrected chi connectivity index (χ1v) is 11.6. The van der Waals surface area contributed by atoms with Crippen LogP contribution >= 0.6 is 0 Å². The highest BCUT2D eigenvalue weighted by molar-refractivity contribution is 5.85. The quantitative estimate of drug-likeness (QED) is 0.471. The SMILES string of the molecule is CCCC(NC(=O)OCC1c2ccccc2-c2ccccc21)C(=O)NCC(CC)CC(=O)O. The first-order valence-electron chi connectivity index (χ1n) is 11.6. The van der Waals surface area contributed by atoms with Crippen LogP contribution in [0.25, 0.3) is 11.1 Å². The minimum atomic E-state index is -0.891. The molecule has 2 atom stereocenters. The standard InChI is InChI=1S/C26H32N2O5/c1-3-9-23(25(31)27-15-17(4-2)14-24(29)30)28-26(32)33-16-22-20-12-7-5-10-18(20)19-11-6-8-13-21(19)22/h5-8,10-13,17,22-23H,3-4,9,14-16H2,1-2H3,(H,27,31)(H,28,32)(H,29,30). The highest BCUT2D eigenvalue weighted by atomic mass is 16.5. The van der Waals surface area contributed by atoms with Crippen molar-refractivity contribution in [3.8, 4) is 11.1 Å². The number of hydrogen-bond donors (Lipinski definition) is 3. The third kappa shape index (κ3) is 6.12. The molecule has 7 nitrogen and oxygen atoms in total. The Morgan fingerprint density at radius 3 is 2.15 bits per heavy atom. The van der Waals surface area contributed by atoms with Crippen molar-refractivity contribution in [2.24, 2.45) is 5.92 Å². The van der Waals surface area contributed by atoms with Gasteiger partial charge in [0.2, 0.25) is 5.91 Å². The van der Waals surface area contributed by atoms with Crippen LogP contribution in [0, 0.1) is 5.92 Å². The van der Waals surface area contributed by atoms with Gasteiger partial charge >= 0.3 is 12.1 Å². The van der Waals surface area contributed by atoms with Crippen molar-refractivity contribution >= 4 is 18.0 Å². The van der Waals surface area contributed by atoms with E-state index in [0.717, 1.165) is 22.3 Å². The lowest BCUT2D eigenvalue weighted by Crippen LogP contribution is -2.48. The summed E-state index contributed by atoms with van der Waals surface area (Å²) >= 11 is 0. The van der Waals surface area contributed by atoms with Gasteiger partial charge in [0.15, 0.2) is 0 Å². The Labute approximate surface area is 194 Å². The largest absolute Gasteiger partial charge is 0.481 e. The van der Waals surface area contributed by atoms with Crippen LogP contribution in [-0.4, -0.2) is 42.3 Å². The summed E-state index contributed by atoms with van der Waals surface area (Å²) in [6.45, 7) is 4.25. The second kappa shape index (κ2) is 11.5. The molecule has 2 amide bonds. The fourth-order valence-electron chi connectivity index (χ4n) is 4.32. The van der Waals surface area contributed by atoms with E-state index in [1.54, 1.807) is 0 Å². The molecule has 7 heteroatoms. The number of hydrogen-bond acceptors (Lipinski definition) is 4. The number of carbonyl (C=O) groups excluding carboxylic acids is 2. The molecule has 2 aromatic rings. The van der Waals surface area contributed by atoms with Gasteiger partial charge in [-0.2, -0.15) is 0 Å². The number of ether oxygens (including phenoxy) is 1. The fourth-order valence-corrected chi connectivity index (χ4v) is 4.32. The van der Waals surface area contributed by atoms with E-state index in [1.165, 1.54) is 0 Å². The average molecular weight is 453 g/mol. The summed E-state index contributed by atoms with van der Waals surface area (Å²) in [7, 11) is 0. The molecule has 0 radical (unpaired) electrons. The van der Waals surface area contributed by atoms with Gasteiger partial charge in [0.05, 0.1) is 0 Å². The number of fused-ring (bicyclic) bond motifs is 3. The number of nitrogens with one attached hydrogen (secondary N) is 2. The Bertz CT molecular complexity index is 945. The molecular formula is C26H32N2O5. The summed E-state index contributed by atoms with van der Waals surface area (Å²) in [5.74, 6) is -1.42. The number of carboxylic acids is 1. The van der Waals surface area contributed by atoms with E-state index < -0.39 is 18.1 Å². The van der Waals surface area contributed by atoms with Crippen molar-refractivity contribution in [1.29, 1.82) is 0 Å². The number of carbonyl (C=O) groups is 3. The maximum atomic E-state index is 12.6. The molecule has 0 aromatic heterocycles. The molecule has 2 unspecified atom stereocenters. The zero-order valence-electron chi connectivity index (χ0n) is 19.2. The molecule has 0 saturated carbocycles. The maximum Gasteiger partial charge on any atom is 0.407 e. The molecule has 1 aliphatic rings. The van der Waals surface area contributed by atoms with Crippen LogP contribution in [0.5, 0.6) is 0 Å². The minimum Gasteiger partial charge on any atom is -0.481 e. The van der Waals surface area contributed by atoms with Crippen molar-refractivity contribution < 1.29 is 24.2 Å². The molecule has 0 saturated heterocycles. The van der Waals surface area contributed by atoms with Crippen molar-refractivity contribution in [2.75, 3.05) is 13.2 Å². The summed E-state index contributed by atoms with van der Waals surface area (Å²) in [5.41, 5.74) is 4.55. The van der Waals surface area contributed by atoms with Gasteiger partial charge in [-0.15, -0.1) is 0 Å². The fraction of sp³-hybridized carbons (Fsp3) is 0.423. The topological polar surface area (TPSA) is 105 Å². The summed E-state index contributed by atoms with van der Waals surface area (Å²) in [4.78, 5) is 36.1. The molecule has 0 fully saturated rings. The Morgan fingerprint density at radius 1 is 1.00 bits per heavy atom. The Kier molecular flexibility index (Phi) is 8.46. The summed E-state index contributed by atoms with van der Waals surface area (Å²) in [5, 5.41) is 14.4. The molecule has 2 aromatic carbocycles. The lowest BCUT2D eigenvalue weighted by Gasteiger charge is -2.21. The summed E-state index contributed by atoms with van der Waals surface area (Å²) in [6, 6.07) is 15.5. The number of amides is 2. The normalized spacial score (nSPS) is 14.0. The van der Waals surface area contributed by atoms with Crippen molar-refractivity contribution in [3.05, 3.63) is 59.7 Å². The first kappa shape index (κ1) is 24.3. The van der Waals surface area contributed by atoms with E-state index in [2.05, 4.69) is 34.9 Å². The van der Waals surface area contributed by atoms with Gasteiger partial charge in [-0.05, 0) is 34.6 Å². The van der Waals surface area contributed by atoms with Gasteiger partial charge in [-0.3, -0.25) is 9.59 Å². The van der Waals surface area contributed by atoms with Gasteiger partial charge in [-0.1, -0.05) is 75.2 Å². The molecule has 0 aliphatic heterocycles. The number of aliphatic carboxylic acids is 1. The lowest BCUT2D eigenvalue weighted by molar-refractivity contribution is -0.138. The molecule has 33 heavy (non-hydrogen) atoms. The zero-order valence-corrected chi connectivity index (χ0v) is 19.2. The third-order valence-electron chi connectivity index (χ3n) is 6.14. The highest BCUT2D eigenvalue weighted by Gasteiger charge is 2.29. The van der Waals surface area contributed by atoms with Crippen molar-refractivity contribution in [3.63, 3.8) is 0 Å². The van der Waals surface area contributed by atoms with Gasteiger partial charge < -0.3 is 20.5 Å². The van der Waals surface area contributed by atoms with Gasteiger partial charge in [0, 0.05) is 18.9 Å². The second-order valence-corrected chi connectivity index (χ2v) is 8.43. The van der Waals surface area contributed by atoms with E-state index in [4.69, 9.17) is 9.84 Å². The molecular weight excluding hydrogens is 420 g/mol. The van der Waals surface area contributed by atoms with Crippen LogP contribution in [0.3, 0.4) is 0 Å². The Balaban J connectivity index is 1.58. The number of carboxylic acid groups (broad SMARTS) is 1. The smallest absolute Gasteiger partial charge is 0.407 e. The Hall–Kier alpha value is -3.35. The monoisotopic (exact) mass is 452 g/mol. The van der Waals surface area contributed by atoms with Crippen molar-refractivity contribution in [1.82, 2.24) is 10.6 Å². The number of rotatable bonds is 11. The molecule has 3 rings (SSSR count). The van der Waals surface area contributed by atoms with Crippen LogP contribution < -0.4 is 10.6 Å². The molecule has 0 spiro atoms. The summed E-state index contributed by atoms with van der Waals surface area (Å²) < 4.78 is 5.56. The van der Waals surface area contributed by atoms with E-state index in [0.29, 0.717) is 19.3 Å². The third-order valence-corrected chi connectivity index (χ3v) is 6.14. The van der Waals surface area contributed by atoms with Crippen LogP contribution in [0.4, 0.5) is 4.79 Å². The van der Waals surface area contributed by atoms with Crippen molar-refractivity contribution in [2.45, 2.75) is 51.5 Å². The molecule has 0 heterocycles. The molecule has 0 bridgehead atoms. The Morgan fingerprint density at radius 2 is 1.61 bits per heavy atom. The zero-order chi connectivity index (χ0) is 23.8. The lowest BCUT2D eigenvalue weighted by atomic mass is 9.98. The highest BCUT2D eigenvalue weighted by Crippen LogP contribution is 2.44. The van der Waals surface area contributed by atoms with E-state index >= 15 is 0 Å². The van der Waals surface area contributed by atoms with Gasteiger partial charge in [0.25, 0.3) is 0 Å². The van der Waals surface area contributed by atoms with E-state index in [1.807, 2.05) is 38.1 Å².